The molecule has 5 nitrogen and oxygen atoms in total. The predicted octanol–water partition coefficient (Wildman–Crippen LogP) is 4.09. The lowest BCUT2D eigenvalue weighted by Gasteiger charge is -2.27. The molecule has 0 bridgehead atoms. The van der Waals surface area contributed by atoms with Gasteiger partial charge in [-0.1, -0.05) is 32.9 Å². The van der Waals surface area contributed by atoms with Crippen LogP contribution in [0.1, 0.15) is 49.9 Å². The number of carbonyl (C=O) groups excluding carboxylic acids is 1. The van der Waals surface area contributed by atoms with E-state index < -0.39 is 6.36 Å². The van der Waals surface area contributed by atoms with Crippen LogP contribution in [0.5, 0.6) is 5.75 Å². The molecule has 140 valence electrons. The molecule has 0 saturated carbocycles. The molecule has 1 aliphatic heterocycles. The number of benzene rings is 1. The number of aromatic nitrogens is 2. The minimum atomic E-state index is -4.73. The van der Waals surface area contributed by atoms with Crippen LogP contribution in [0, 0.1) is 0 Å². The zero-order valence-electron chi connectivity index (χ0n) is 14.9. The third-order valence-corrected chi connectivity index (χ3v) is 4.31. The smallest absolute Gasteiger partial charge is 0.406 e. The van der Waals surface area contributed by atoms with Crippen LogP contribution in [0.4, 0.5) is 19.0 Å². The van der Waals surface area contributed by atoms with Gasteiger partial charge in [-0.25, -0.2) is 0 Å². The zero-order chi connectivity index (χ0) is 19.3. The summed E-state index contributed by atoms with van der Waals surface area (Å²) in [5, 5.41) is 7.42. The normalized spacial score (nSPS) is 17.7. The highest BCUT2D eigenvalue weighted by Gasteiger charge is 2.36. The van der Waals surface area contributed by atoms with Crippen molar-refractivity contribution in [2.75, 3.05) is 5.32 Å². The van der Waals surface area contributed by atoms with E-state index in [2.05, 4.69) is 15.2 Å². The zero-order valence-corrected chi connectivity index (χ0v) is 14.9. The lowest BCUT2D eigenvalue weighted by atomic mass is 9.79. The molecule has 1 unspecified atom stereocenters. The predicted molar refractivity (Wildman–Crippen MR) is 90.1 cm³/mol. The van der Waals surface area contributed by atoms with E-state index in [0.29, 0.717) is 5.82 Å². The van der Waals surface area contributed by atoms with Crippen molar-refractivity contribution in [2.24, 2.45) is 7.05 Å². The molecule has 1 aromatic heterocycles. The highest BCUT2D eigenvalue weighted by molar-refractivity contribution is 5.94. The molecule has 1 aliphatic rings. The summed E-state index contributed by atoms with van der Waals surface area (Å²) in [6.45, 7) is 6.09. The first-order chi connectivity index (χ1) is 12.0. The molecule has 26 heavy (non-hydrogen) atoms. The van der Waals surface area contributed by atoms with Gasteiger partial charge >= 0.3 is 6.36 Å². The molecule has 8 heteroatoms. The van der Waals surface area contributed by atoms with Gasteiger partial charge in [0.25, 0.3) is 0 Å². The molecule has 0 fully saturated rings. The molecule has 1 atom stereocenters. The summed E-state index contributed by atoms with van der Waals surface area (Å²) in [6, 6.07) is 5.66. The Labute approximate surface area is 149 Å². The van der Waals surface area contributed by atoms with Gasteiger partial charge < -0.3 is 10.1 Å². The third-order valence-electron chi connectivity index (χ3n) is 4.31. The van der Waals surface area contributed by atoms with Crippen molar-refractivity contribution in [1.29, 1.82) is 0 Å². The van der Waals surface area contributed by atoms with E-state index in [1.807, 2.05) is 20.8 Å². The van der Waals surface area contributed by atoms with E-state index in [-0.39, 0.29) is 29.4 Å². The number of halogens is 3. The summed E-state index contributed by atoms with van der Waals surface area (Å²) in [6.07, 6.45) is -4.52. The Balaban J connectivity index is 2.03. The maximum atomic E-state index is 12.3. The molecule has 0 spiro atoms. The van der Waals surface area contributed by atoms with E-state index >= 15 is 0 Å². The Kier molecular flexibility index (Phi) is 4.24. The number of fused-ring (bicyclic) bond motifs is 1. The van der Waals surface area contributed by atoms with Crippen LogP contribution in [0.3, 0.4) is 0 Å². The number of alkyl halides is 3. The van der Waals surface area contributed by atoms with E-state index in [9.17, 15) is 18.0 Å². The van der Waals surface area contributed by atoms with Crippen LogP contribution in [0.2, 0.25) is 0 Å². The second kappa shape index (κ2) is 6.03. The lowest BCUT2D eigenvalue weighted by molar-refractivity contribution is -0.274. The SMILES string of the molecule is Cn1nc(C(C)(C)C)c2c1NC(=O)CC2c1ccc(OC(F)(F)F)cc1. The number of anilines is 1. The second-order valence-corrected chi connectivity index (χ2v) is 7.41. The number of rotatable bonds is 2. The molecular weight excluding hydrogens is 347 g/mol. The Hall–Kier alpha value is -2.51. The topological polar surface area (TPSA) is 56.2 Å². The van der Waals surface area contributed by atoms with Gasteiger partial charge in [0.1, 0.15) is 11.6 Å². The maximum absolute atomic E-state index is 12.3. The largest absolute Gasteiger partial charge is 0.573 e. The summed E-state index contributed by atoms with van der Waals surface area (Å²) in [7, 11) is 1.76. The summed E-state index contributed by atoms with van der Waals surface area (Å²) in [5.74, 6) is -0.0843. The van der Waals surface area contributed by atoms with Gasteiger partial charge in [-0.3, -0.25) is 9.48 Å². The standard InChI is InChI=1S/C18H20F3N3O2/c1-17(2,3)15-14-12(9-13(25)22-16(14)24(4)23-15)10-5-7-11(8-6-10)26-18(19,20)21/h5-8,12H,9H2,1-4H3,(H,22,25). The third kappa shape index (κ3) is 3.54. The van der Waals surface area contributed by atoms with Crippen LogP contribution in [-0.4, -0.2) is 22.1 Å². The van der Waals surface area contributed by atoms with Crippen molar-refractivity contribution < 1.29 is 22.7 Å². The van der Waals surface area contributed by atoms with Crippen LogP contribution < -0.4 is 10.1 Å². The Morgan fingerprint density at radius 3 is 2.35 bits per heavy atom. The van der Waals surface area contributed by atoms with Crippen molar-refractivity contribution in [2.45, 2.75) is 44.9 Å². The number of nitrogens with one attached hydrogen (secondary N) is 1. The monoisotopic (exact) mass is 367 g/mol. The Morgan fingerprint density at radius 2 is 1.81 bits per heavy atom. The van der Waals surface area contributed by atoms with Crippen LogP contribution in [-0.2, 0) is 17.3 Å². The average Bonchev–Trinajstić information content (AvgIpc) is 2.83. The quantitative estimate of drug-likeness (QED) is 0.870. The maximum Gasteiger partial charge on any atom is 0.573 e. The molecule has 0 radical (unpaired) electrons. The average molecular weight is 367 g/mol. The molecule has 2 aromatic rings. The van der Waals surface area contributed by atoms with Gasteiger partial charge in [0.2, 0.25) is 5.91 Å². The first-order valence-electron chi connectivity index (χ1n) is 8.18. The van der Waals surface area contributed by atoms with Crippen molar-refractivity contribution in [3.05, 3.63) is 41.1 Å². The molecule has 1 aromatic carbocycles. The molecule has 0 aliphatic carbocycles. The van der Waals surface area contributed by atoms with Gasteiger partial charge in [0.05, 0.1) is 5.69 Å². The fourth-order valence-electron chi connectivity index (χ4n) is 3.23. The van der Waals surface area contributed by atoms with Gasteiger partial charge in [-0.15, -0.1) is 13.2 Å². The number of nitrogens with zero attached hydrogens (tertiary/aromatic N) is 2. The number of hydrogen-bond donors (Lipinski definition) is 1. The number of carbonyl (C=O) groups is 1. The lowest BCUT2D eigenvalue weighted by Crippen LogP contribution is -2.26. The van der Waals surface area contributed by atoms with Gasteiger partial charge in [0, 0.05) is 30.4 Å². The summed E-state index contributed by atoms with van der Waals surface area (Å²) >= 11 is 0. The van der Waals surface area contributed by atoms with Crippen LogP contribution in [0.25, 0.3) is 0 Å². The van der Waals surface area contributed by atoms with E-state index in [1.165, 1.54) is 12.1 Å². The summed E-state index contributed by atoms with van der Waals surface area (Å²) in [5.41, 5.74) is 2.26. The van der Waals surface area contributed by atoms with E-state index in [1.54, 1.807) is 23.9 Å². The molecule has 2 heterocycles. The van der Waals surface area contributed by atoms with Gasteiger partial charge in [0.15, 0.2) is 0 Å². The summed E-state index contributed by atoms with van der Waals surface area (Å²) < 4.78 is 42.6. The van der Waals surface area contributed by atoms with Gasteiger partial charge in [-0.2, -0.15) is 5.10 Å². The molecule has 1 N–H and O–H groups in total. The Bertz CT molecular complexity index is 833. The van der Waals surface area contributed by atoms with Crippen molar-refractivity contribution in [3.63, 3.8) is 0 Å². The minimum absolute atomic E-state index is 0.151. The second-order valence-electron chi connectivity index (χ2n) is 7.41. The first kappa shape index (κ1) is 18.3. The molecule has 3 rings (SSSR count). The summed E-state index contributed by atoms with van der Waals surface area (Å²) in [4.78, 5) is 12.1. The van der Waals surface area contributed by atoms with E-state index in [0.717, 1.165) is 16.8 Å². The number of amides is 1. The van der Waals surface area contributed by atoms with E-state index in [4.69, 9.17) is 0 Å². The fourth-order valence-corrected chi connectivity index (χ4v) is 3.23. The van der Waals surface area contributed by atoms with Crippen molar-refractivity contribution >= 4 is 11.7 Å². The molecule has 1 amide bonds. The van der Waals surface area contributed by atoms with Crippen LogP contribution in [0.15, 0.2) is 24.3 Å². The van der Waals surface area contributed by atoms with Crippen LogP contribution >= 0.6 is 0 Å². The number of hydrogen-bond acceptors (Lipinski definition) is 3. The minimum Gasteiger partial charge on any atom is -0.406 e. The highest BCUT2D eigenvalue weighted by atomic mass is 19.4. The first-order valence-corrected chi connectivity index (χ1v) is 8.18. The molecular formula is C18H20F3N3O2. The molecule has 0 saturated heterocycles. The number of aryl methyl sites for hydroxylation is 1. The van der Waals surface area contributed by atoms with Crippen molar-refractivity contribution in [1.82, 2.24) is 9.78 Å². The highest BCUT2D eigenvalue weighted by Crippen LogP contribution is 2.43. The van der Waals surface area contributed by atoms with Crippen molar-refractivity contribution in [3.8, 4) is 5.75 Å². The number of ether oxygens (including phenoxy) is 1. The van der Waals surface area contributed by atoms with Gasteiger partial charge in [-0.05, 0) is 17.7 Å². The fraction of sp³-hybridized carbons (Fsp3) is 0.444. The Morgan fingerprint density at radius 1 is 1.19 bits per heavy atom.